The molecular formula is C12H17Cl2N. The molecule has 0 atom stereocenters. The Hall–Kier alpha value is -0.400. The molecule has 0 unspecified atom stereocenters. The summed E-state index contributed by atoms with van der Waals surface area (Å²) in [6.45, 7) is 5.90. The maximum Gasteiger partial charge on any atom is 0.0399 e. The van der Waals surface area contributed by atoms with Crippen LogP contribution < -0.4 is 4.90 Å². The van der Waals surface area contributed by atoms with Gasteiger partial charge in [-0.15, -0.1) is 23.2 Å². The number of rotatable bonds is 5. The second kappa shape index (κ2) is 6.24. The van der Waals surface area contributed by atoms with Gasteiger partial charge in [0.1, 0.15) is 0 Å². The highest BCUT2D eigenvalue weighted by atomic mass is 35.5. The molecule has 0 radical (unpaired) electrons. The molecule has 15 heavy (non-hydrogen) atoms. The first-order valence-electron chi connectivity index (χ1n) is 5.12. The molecule has 0 N–H and O–H groups in total. The van der Waals surface area contributed by atoms with Gasteiger partial charge in [0.15, 0.2) is 0 Å². The highest BCUT2D eigenvalue weighted by Gasteiger charge is 2.05. The van der Waals surface area contributed by atoms with Crippen molar-refractivity contribution in [3.8, 4) is 0 Å². The van der Waals surface area contributed by atoms with Crippen LogP contribution in [0.25, 0.3) is 0 Å². The molecule has 0 amide bonds. The number of hydrogen-bond donors (Lipinski definition) is 0. The van der Waals surface area contributed by atoms with E-state index in [-0.39, 0.29) is 0 Å². The lowest BCUT2D eigenvalue weighted by Gasteiger charge is -2.23. The highest BCUT2D eigenvalue weighted by Crippen LogP contribution is 2.18. The molecule has 1 aromatic rings. The maximum absolute atomic E-state index is 5.78. The first kappa shape index (κ1) is 12.7. The smallest absolute Gasteiger partial charge is 0.0399 e. The summed E-state index contributed by atoms with van der Waals surface area (Å²) in [4.78, 5) is 2.22. The van der Waals surface area contributed by atoms with E-state index < -0.39 is 0 Å². The highest BCUT2D eigenvalue weighted by molar-refractivity contribution is 6.18. The van der Waals surface area contributed by atoms with Gasteiger partial charge < -0.3 is 4.90 Å². The Morgan fingerprint density at radius 1 is 0.933 bits per heavy atom. The summed E-state index contributed by atoms with van der Waals surface area (Å²) >= 11 is 11.6. The van der Waals surface area contributed by atoms with Crippen LogP contribution in [0.2, 0.25) is 0 Å². The van der Waals surface area contributed by atoms with Crippen LogP contribution in [0.3, 0.4) is 0 Å². The van der Waals surface area contributed by atoms with E-state index in [1.165, 1.54) is 16.8 Å². The van der Waals surface area contributed by atoms with Crippen LogP contribution >= 0.6 is 23.2 Å². The molecule has 1 aromatic carbocycles. The zero-order chi connectivity index (χ0) is 11.3. The summed E-state index contributed by atoms with van der Waals surface area (Å²) in [5, 5.41) is 0. The molecule has 0 heterocycles. The fraction of sp³-hybridized carbons (Fsp3) is 0.500. The van der Waals surface area contributed by atoms with Crippen molar-refractivity contribution in [2.24, 2.45) is 0 Å². The van der Waals surface area contributed by atoms with E-state index >= 15 is 0 Å². The van der Waals surface area contributed by atoms with Crippen molar-refractivity contribution in [2.75, 3.05) is 29.7 Å². The van der Waals surface area contributed by atoms with Gasteiger partial charge in [0.2, 0.25) is 0 Å². The molecule has 0 spiro atoms. The quantitative estimate of drug-likeness (QED) is 0.717. The standard InChI is InChI=1S/C12H17Cl2N/c1-10-7-11(2)9-12(8-10)15(5-3-13)6-4-14/h7-9H,3-6H2,1-2H3. The largest absolute Gasteiger partial charge is 0.369 e. The molecular weight excluding hydrogens is 229 g/mol. The molecule has 0 aromatic heterocycles. The van der Waals surface area contributed by atoms with Gasteiger partial charge in [-0.05, 0) is 37.1 Å². The van der Waals surface area contributed by atoms with E-state index in [9.17, 15) is 0 Å². The lowest BCUT2D eigenvalue weighted by molar-refractivity contribution is 0.872. The summed E-state index contributed by atoms with van der Waals surface area (Å²) in [6, 6.07) is 6.52. The average molecular weight is 246 g/mol. The number of aryl methyl sites for hydroxylation is 2. The number of benzene rings is 1. The van der Waals surface area contributed by atoms with Gasteiger partial charge in [0.05, 0.1) is 0 Å². The molecule has 0 aliphatic rings. The minimum Gasteiger partial charge on any atom is -0.369 e. The van der Waals surface area contributed by atoms with E-state index in [0.717, 1.165) is 13.1 Å². The SMILES string of the molecule is Cc1cc(C)cc(N(CCCl)CCCl)c1. The van der Waals surface area contributed by atoms with Gasteiger partial charge >= 0.3 is 0 Å². The summed E-state index contributed by atoms with van der Waals surface area (Å²) in [5.41, 5.74) is 3.77. The summed E-state index contributed by atoms with van der Waals surface area (Å²) in [5.74, 6) is 1.26. The minimum absolute atomic E-state index is 0.629. The van der Waals surface area contributed by atoms with E-state index in [1.807, 2.05) is 0 Å². The number of anilines is 1. The number of alkyl halides is 2. The van der Waals surface area contributed by atoms with Crippen molar-refractivity contribution in [2.45, 2.75) is 13.8 Å². The maximum atomic E-state index is 5.78. The van der Waals surface area contributed by atoms with Crippen LogP contribution in [-0.4, -0.2) is 24.8 Å². The number of hydrogen-bond acceptors (Lipinski definition) is 1. The Labute approximate surface area is 102 Å². The third kappa shape index (κ3) is 3.92. The Morgan fingerprint density at radius 2 is 1.40 bits per heavy atom. The van der Waals surface area contributed by atoms with E-state index in [0.29, 0.717) is 11.8 Å². The normalized spacial score (nSPS) is 10.4. The second-order valence-corrected chi connectivity index (χ2v) is 4.47. The van der Waals surface area contributed by atoms with Gasteiger partial charge in [-0.3, -0.25) is 0 Å². The van der Waals surface area contributed by atoms with Crippen molar-refractivity contribution in [1.82, 2.24) is 0 Å². The zero-order valence-electron chi connectivity index (χ0n) is 9.26. The van der Waals surface area contributed by atoms with Crippen molar-refractivity contribution < 1.29 is 0 Å². The minimum atomic E-state index is 0.629. The first-order chi connectivity index (χ1) is 7.17. The molecule has 84 valence electrons. The third-order valence-electron chi connectivity index (χ3n) is 2.28. The molecule has 0 aliphatic carbocycles. The zero-order valence-corrected chi connectivity index (χ0v) is 10.8. The van der Waals surface area contributed by atoms with Crippen molar-refractivity contribution in [3.63, 3.8) is 0 Å². The molecule has 0 bridgehead atoms. The fourth-order valence-electron chi connectivity index (χ4n) is 1.71. The van der Waals surface area contributed by atoms with E-state index in [4.69, 9.17) is 23.2 Å². The Morgan fingerprint density at radius 3 is 1.80 bits per heavy atom. The van der Waals surface area contributed by atoms with Crippen LogP contribution in [0.15, 0.2) is 18.2 Å². The van der Waals surface area contributed by atoms with Crippen LogP contribution in [0.5, 0.6) is 0 Å². The van der Waals surface area contributed by atoms with E-state index in [2.05, 4.69) is 36.9 Å². The van der Waals surface area contributed by atoms with Crippen LogP contribution in [0, 0.1) is 13.8 Å². The molecule has 1 nitrogen and oxygen atoms in total. The van der Waals surface area contributed by atoms with Gasteiger partial charge in [0.25, 0.3) is 0 Å². The van der Waals surface area contributed by atoms with Crippen LogP contribution in [-0.2, 0) is 0 Å². The van der Waals surface area contributed by atoms with Gasteiger partial charge in [-0.2, -0.15) is 0 Å². The average Bonchev–Trinajstić information content (AvgIpc) is 2.16. The van der Waals surface area contributed by atoms with Crippen molar-refractivity contribution >= 4 is 28.9 Å². The molecule has 0 saturated heterocycles. The molecule has 0 fully saturated rings. The van der Waals surface area contributed by atoms with Crippen LogP contribution in [0.1, 0.15) is 11.1 Å². The molecule has 0 aliphatic heterocycles. The van der Waals surface area contributed by atoms with Crippen molar-refractivity contribution in [3.05, 3.63) is 29.3 Å². The summed E-state index contributed by atoms with van der Waals surface area (Å²) < 4.78 is 0. The molecule has 0 saturated carbocycles. The lowest BCUT2D eigenvalue weighted by atomic mass is 10.1. The van der Waals surface area contributed by atoms with Crippen LogP contribution in [0.4, 0.5) is 5.69 Å². The fourth-order valence-corrected chi connectivity index (χ4v) is 2.12. The van der Waals surface area contributed by atoms with Crippen molar-refractivity contribution in [1.29, 1.82) is 0 Å². The predicted octanol–water partition coefficient (Wildman–Crippen LogP) is 3.59. The Balaban J connectivity index is 2.88. The Bertz CT molecular complexity index is 286. The van der Waals surface area contributed by atoms with Gasteiger partial charge in [-0.1, -0.05) is 6.07 Å². The third-order valence-corrected chi connectivity index (χ3v) is 2.62. The summed E-state index contributed by atoms with van der Waals surface area (Å²) in [7, 11) is 0. The first-order valence-corrected chi connectivity index (χ1v) is 6.19. The number of nitrogens with zero attached hydrogens (tertiary/aromatic N) is 1. The van der Waals surface area contributed by atoms with Gasteiger partial charge in [-0.25, -0.2) is 0 Å². The Kier molecular flexibility index (Phi) is 5.27. The van der Waals surface area contributed by atoms with Gasteiger partial charge in [0, 0.05) is 30.5 Å². The monoisotopic (exact) mass is 245 g/mol. The predicted molar refractivity (Wildman–Crippen MR) is 69.6 cm³/mol. The summed E-state index contributed by atoms with van der Waals surface area (Å²) in [6.07, 6.45) is 0. The molecule has 3 heteroatoms. The second-order valence-electron chi connectivity index (χ2n) is 3.71. The lowest BCUT2D eigenvalue weighted by Crippen LogP contribution is -2.27. The molecule has 1 rings (SSSR count). The number of halogens is 2. The topological polar surface area (TPSA) is 3.24 Å². The van der Waals surface area contributed by atoms with E-state index in [1.54, 1.807) is 0 Å².